The molecule has 0 aromatic rings. The van der Waals surface area contributed by atoms with Gasteiger partial charge in [0, 0.05) is 26.3 Å². The molecule has 0 saturated carbocycles. The molecule has 2 atom stereocenters. The van der Waals surface area contributed by atoms with E-state index < -0.39 is 0 Å². The predicted octanol–water partition coefficient (Wildman–Crippen LogP) is 0.934. The number of nitrogens with one attached hydrogen (secondary N) is 1. The molecule has 1 N–H and O–H groups in total. The van der Waals surface area contributed by atoms with Crippen LogP contribution in [0, 0.1) is 0 Å². The Kier molecular flexibility index (Phi) is 3.58. The molecule has 0 amide bonds. The predicted molar refractivity (Wildman–Crippen MR) is 50.8 cm³/mol. The van der Waals surface area contributed by atoms with E-state index in [4.69, 9.17) is 9.47 Å². The van der Waals surface area contributed by atoms with E-state index in [0.717, 1.165) is 26.3 Å². The van der Waals surface area contributed by atoms with Crippen LogP contribution in [0.4, 0.5) is 0 Å². The lowest BCUT2D eigenvalue weighted by Crippen LogP contribution is -2.32. The van der Waals surface area contributed by atoms with Crippen molar-refractivity contribution in [1.82, 2.24) is 5.32 Å². The van der Waals surface area contributed by atoms with Crippen molar-refractivity contribution in [2.24, 2.45) is 0 Å². The quantitative estimate of drug-likeness (QED) is 0.707. The summed E-state index contributed by atoms with van der Waals surface area (Å²) in [4.78, 5) is 0. The van der Waals surface area contributed by atoms with E-state index in [1.165, 1.54) is 25.7 Å². The van der Waals surface area contributed by atoms with E-state index in [2.05, 4.69) is 5.32 Å². The maximum Gasteiger partial charge on any atom is 0.0700 e. The molecule has 0 bridgehead atoms. The lowest BCUT2D eigenvalue weighted by molar-refractivity contribution is 0.0907. The minimum Gasteiger partial charge on any atom is -0.377 e. The fourth-order valence-electron chi connectivity index (χ4n) is 2.02. The molecule has 2 aliphatic rings. The molecule has 2 saturated heterocycles. The number of hydrogen-bond acceptors (Lipinski definition) is 3. The smallest absolute Gasteiger partial charge is 0.0700 e. The molecule has 2 heterocycles. The molecular weight excluding hydrogens is 166 g/mol. The van der Waals surface area contributed by atoms with Gasteiger partial charge in [-0.25, -0.2) is 0 Å². The molecule has 3 heteroatoms. The van der Waals surface area contributed by atoms with Gasteiger partial charge in [0.05, 0.1) is 12.2 Å². The first-order chi connectivity index (χ1) is 6.45. The van der Waals surface area contributed by atoms with Crippen molar-refractivity contribution in [2.75, 3.05) is 26.3 Å². The minimum atomic E-state index is 0.460. The zero-order chi connectivity index (χ0) is 8.93. The van der Waals surface area contributed by atoms with Gasteiger partial charge in [-0.3, -0.25) is 0 Å². The third kappa shape index (κ3) is 2.93. The lowest BCUT2D eigenvalue weighted by Gasteiger charge is -2.13. The summed E-state index contributed by atoms with van der Waals surface area (Å²) in [6.45, 7) is 3.90. The van der Waals surface area contributed by atoms with E-state index in [1.807, 2.05) is 0 Å². The highest BCUT2D eigenvalue weighted by molar-refractivity contribution is 4.71. The van der Waals surface area contributed by atoms with Crippen molar-refractivity contribution in [3.05, 3.63) is 0 Å². The summed E-state index contributed by atoms with van der Waals surface area (Å²) < 4.78 is 11.0. The molecular formula is C10H19NO2. The van der Waals surface area contributed by atoms with E-state index in [1.54, 1.807) is 0 Å². The van der Waals surface area contributed by atoms with Crippen LogP contribution < -0.4 is 5.32 Å². The van der Waals surface area contributed by atoms with Crippen LogP contribution in [0.1, 0.15) is 25.7 Å². The highest BCUT2D eigenvalue weighted by Crippen LogP contribution is 2.12. The normalized spacial score (nSPS) is 34.2. The Morgan fingerprint density at radius 1 is 0.923 bits per heavy atom. The Labute approximate surface area is 79.8 Å². The molecule has 0 aliphatic carbocycles. The average Bonchev–Trinajstić information content (AvgIpc) is 2.75. The van der Waals surface area contributed by atoms with E-state index in [0.29, 0.717) is 12.2 Å². The molecule has 0 aromatic carbocycles. The van der Waals surface area contributed by atoms with Crippen molar-refractivity contribution >= 4 is 0 Å². The van der Waals surface area contributed by atoms with Crippen LogP contribution in [0.15, 0.2) is 0 Å². The lowest BCUT2D eigenvalue weighted by atomic mass is 10.2. The third-order valence-corrected chi connectivity index (χ3v) is 2.79. The topological polar surface area (TPSA) is 30.5 Å². The van der Waals surface area contributed by atoms with Crippen molar-refractivity contribution in [1.29, 1.82) is 0 Å². The Morgan fingerprint density at radius 3 is 1.85 bits per heavy atom. The second-order valence-corrected chi connectivity index (χ2v) is 3.93. The number of hydrogen-bond donors (Lipinski definition) is 1. The van der Waals surface area contributed by atoms with Crippen molar-refractivity contribution < 1.29 is 9.47 Å². The van der Waals surface area contributed by atoms with Gasteiger partial charge in [0.15, 0.2) is 0 Å². The summed E-state index contributed by atoms with van der Waals surface area (Å²) in [7, 11) is 0. The standard InChI is InChI=1S/C10H19NO2/c1-3-9(12-5-1)7-11-8-10-4-2-6-13-10/h9-11H,1-8H2/t9-,10-/m1/s1. The first-order valence-electron chi connectivity index (χ1n) is 5.39. The molecule has 0 unspecified atom stereocenters. The summed E-state index contributed by atoms with van der Waals surface area (Å²) in [5.74, 6) is 0. The van der Waals surface area contributed by atoms with Crippen LogP contribution in [0.5, 0.6) is 0 Å². The molecule has 0 spiro atoms. The van der Waals surface area contributed by atoms with E-state index in [-0.39, 0.29) is 0 Å². The number of rotatable bonds is 4. The zero-order valence-corrected chi connectivity index (χ0v) is 8.13. The summed E-state index contributed by atoms with van der Waals surface area (Å²) in [5.41, 5.74) is 0. The van der Waals surface area contributed by atoms with Gasteiger partial charge >= 0.3 is 0 Å². The van der Waals surface area contributed by atoms with Crippen molar-refractivity contribution in [3.63, 3.8) is 0 Å². The molecule has 3 nitrogen and oxygen atoms in total. The van der Waals surface area contributed by atoms with Crippen LogP contribution in [0.25, 0.3) is 0 Å². The van der Waals surface area contributed by atoms with Crippen LogP contribution in [0.2, 0.25) is 0 Å². The Morgan fingerprint density at radius 2 is 1.46 bits per heavy atom. The Balaban J connectivity index is 1.52. The van der Waals surface area contributed by atoms with E-state index in [9.17, 15) is 0 Å². The second-order valence-electron chi connectivity index (χ2n) is 3.93. The first kappa shape index (κ1) is 9.44. The van der Waals surface area contributed by atoms with Gasteiger partial charge in [-0.1, -0.05) is 0 Å². The van der Waals surface area contributed by atoms with Gasteiger partial charge in [-0.05, 0) is 25.7 Å². The maximum absolute atomic E-state index is 5.51. The molecule has 2 aliphatic heterocycles. The molecule has 2 rings (SSSR count). The monoisotopic (exact) mass is 185 g/mol. The second kappa shape index (κ2) is 4.94. The molecule has 0 radical (unpaired) electrons. The Hall–Kier alpha value is -0.120. The number of ether oxygens (including phenoxy) is 2. The van der Waals surface area contributed by atoms with Gasteiger partial charge in [0.1, 0.15) is 0 Å². The molecule has 2 fully saturated rings. The average molecular weight is 185 g/mol. The minimum absolute atomic E-state index is 0.460. The summed E-state index contributed by atoms with van der Waals surface area (Å²) >= 11 is 0. The Bertz CT molecular complexity index is 124. The van der Waals surface area contributed by atoms with Crippen molar-refractivity contribution in [3.8, 4) is 0 Å². The van der Waals surface area contributed by atoms with Gasteiger partial charge < -0.3 is 14.8 Å². The van der Waals surface area contributed by atoms with Gasteiger partial charge in [-0.15, -0.1) is 0 Å². The first-order valence-corrected chi connectivity index (χ1v) is 5.39. The fourth-order valence-corrected chi connectivity index (χ4v) is 2.02. The van der Waals surface area contributed by atoms with Crippen LogP contribution in [-0.2, 0) is 9.47 Å². The third-order valence-electron chi connectivity index (χ3n) is 2.79. The summed E-state index contributed by atoms with van der Waals surface area (Å²) in [5, 5.41) is 3.42. The van der Waals surface area contributed by atoms with Gasteiger partial charge in [-0.2, -0.15) is 0 Å². The zero-order valence-electron chi connectivity index (χ0n) is 8.13. The van der Waals surface area contributed by atoms with Gasteiger partial charge in [0.2, 0.25) is 0 Å². The molecule has 13 heavy (non-hydrogen) atoms. The SMILES string of the molecule is C1CO[C@@H](CNC[C@H]2CCCO2)C1. The van der Waals surface area contributed by atoms with Crippen LogP contribution in [0.3, 0.4) is 0 Å². The highest BCUT2D eigenvalue weighted by atomic mass is 16.5. The molecule has 76 valence electrons. The maximum atomic E-state index is 5.51. The summed E-state index contributed by atoms with van der Waals surface area (Å²) in [6, 6.07) is 0. The molecule has 0 aromatic heterocycles. The van der Waals surface area contributed by atoms with Crippen molar-refractivity contribution in [2.45, 2.75) is 37.9 Å². The van der Waals surface area contributed by atoms with E-state index >= 15 is 0 Å². The largest absolute Gasteiger partial charge is 0.377 e. The highest BCUT2D eigenvalue weighted by Gasteiger charge is 2.17. The van der Waals surface area contributed by atoms with Crippen LogP contribution >= 0.6 is 0 Å². The van der Waals surface area contributed by atoms with Gasteiger partial charge in [0.25, 0.3) is 0 Å². The van der Waals surface area contributed by atoms with Crippen LogP contribution in [-0.4, -0.2) is 38.5 Å². The summed E-state index contributed by atoms with van der Waals surface area (Å²) in [6.07, 6.45) is 5.82. The fraction of sp³-hybridized carbons (Fsp3) is 1.00.